The summed E-state index contributed by atoms with van der Waals surface area (Å²) in [6.45, 7) is 0. The second-order valence-electron chi connectivity index (χ2n) is 11.7. The standard InChI is InChI=1S/C42H30N2/c1-3-11-29(12-4-1)30-19-23-34(24-20-30)44-40-18-10-8-16-36(40)38-28-32(22-26-42(38)44)31-21-25-41-37(27-31)35-15-7-9-17-39(35)43(41)33-13-5-2-6-14-33/h1-21,23-25,27-28H,22,26H2. The highest BCUT2D eigenvalue weighted by Crippen LogP contribution is 2.40. The van der Waals surface area contributed by atoms with Crippen LogP contribution in [-0.2, 0) is 6.42 Å². The van der Waals surface area contributed by atoms with Crippen LogP contribution >= 0.6 is 0 Å². The lowest BCUT2D eigenvalue weighted by atomic mass is 9.90. The van der Waals surface area contributed by atoms with Crippen LogP contribution in [0.2, 0.25) is 0 Å². The number of para-hydroxylation sites is 3. The minimum Gasteiger partial charge on any atom is -0.313 e. The Bertz CT molecular complexity index is 2350. The molecule has 2 heteroatoms. The maximum absolute atomic E-state index is 2.48. The number of allylic oxidation sites excluding steroid dienone is 1. The van der Waals surface area contributed by atoms with Gasteiger partial charge in [0.2, 0.25) is 0 Å². The van der Waals surface area contributed by atoms with Crippen molar-refractivity contribution in [3.8, 4) is 22.5 Å². The lowest BCUT2D eigenvalue weighted by Crippen LogP contribution is -2.05. The number of fused-ring (bicyclic) bond motifs is 6. The molecule has 0 saturated heterocycles. The van der Waals surface area contributed by atoms with Gasteiger partial charge in [-0.15, -0.1) is 0 Å². The molecule has 0 fully saturated rings. The molecule has 208 valence electrons. The van der Waals surface area contributed by atoms with Crippen LogP contribution in [-0.4, -0.2) is 9.13 Å². The minimum absolute atomic E-state index is 1.00. The molecular weight excluding hydrogens is 532 g/mol. The van der Waals surface area contributed by atoms with E-state index in [1.165, 1.54) is 77.6 Å². The fourth-order valence-electron chi connectivity index (χ4n) is 7.21. The lowest BCUT2D eigenvalue weighted by Gasteiger charge is -2.18. The summed E-state index contributed by atoms with van der Waals surface area (Å²) in [5.41, 5.74) is 14.1. The third-order valence-corrected chi connectivity index (χ3v) is 9.26. The van der Waals surface area contributed by atoms with Crippen molar-refractivity contribution in [1.29, 1.82) is 0 Å². The van der Waals surface area contributed by atoms with E-state index in [0.717, 1.165) is 12.8 Å². The summed E-state index contributed by atoms with van der Waals surface area (Å²) in [6.07, 6.45) is 4.46. The summed E-state index contributed by atoms with van der Waals surface area (Å²) in [5, 5.41) is 3.91. The van der Waals surface area contributed by atoms with Gasteiger partial charge >= 0.3 is 0 Å². The zero-order chi connectivity index (χ0) is 29.0. The van der Waals surface area contributed by atoms with Gasteiger partial charge in [0.05, 0.1) is 16.6 Å². The van der Waals surface area contributed by atoms with Gasteiger partial charge in [-0.05, 0) is 89.7 Å². The number of aromatic nitrogens is 2. The molecule has 1 aliphatic rings. The van der Waals surface area contributed by atoms with Crippen LogP contribution in [0, 0.1) is 0 Å². The molecule has 0 radical (unpaired) electrons. The molecule has 0 N–H and O–H groups in total. The van der Waals surface area contributed by atoms with Crippen molar-refractivity contribution in [2.24, 2.45) is 0 Å². The summed E-state index contributed by atoms with van der Waals surface area (Å²) >= 11 is 0. The van der Waals surface area contributed by atoms with E-state index in [2.05, 4.69) is 167 Å². The summed E-state index contributed by atoms with van der Waals surface area (Å²) < 4.78 is 4.86. The summed E-state index contributed by atoms with van der Waals surface area (Å²) in [7, 11) is 0. The fourth-order valence-corrected chi connectivity index (χ4v) is 7.21. The Morgan fingerprint density at radius 3 is 1.73 bits per heavy atom. The molecule has 2 heterocycles. The largest absolute Gasteiger partial charge is 0.313 e. The highest BCUT2D eigenvalue weighted by atomic mass is 15.0. The third-order valence-electron chi connectivity index (χ3n) is 9.26. The first-order valence-corrected chi connectivity index (χ1v) is 15.4. The first-order chi connectivity index (χ1) is 21.8. The second-order valence-corrected chi connectivity index (χ2v) is 11.7. The number of rotatable bonds is 4. The van der Waals surface area contributed by atoms with Crippen molar-refractivity contribution >= 4 is 44.4 Å². The van der Waals surface area contributed by atoms with Crippen LogP contribution in [0.5, 0.6) is 0 Å². The SMILES string of the molecule is C1=C(c2ccc3c(c2)c2ccccc2n3-c2ccccc2)CCc2c1c1ccccc1n2-c1ccc(-c2ccccc2)cc1. The maximum atomic E-state index is 2.48. The molecule has 0 aliphatic heterocycles. The molecule has 2 aromatic heterocycles. The average Bonchev–Trinajstić information content (AvgIpc) is 3.61. The van der Waals surface area contributed by atoms with Crippen molar-refractivity contribution in [1.82, 2.24) is 9.13 Å². The van der Waals surface area contributed by atoms with E-state index >= 15 is 0 Å². The van der Waals surface area contributed by atoms with Gasteiger partial charge in [-0.2, -0.15) is 0 Å². The van der Waals surface area contributed by atoms with Gasteiger partial charge in [-0.3, -0.25) is 0 Å². The summed E-state index contributed by atoms with van der Waals surface area (Å²) in [5.74, 6) is 0. The molecule has 0 amide bonds. The minimum atomic E-state index is 1.00. The zero-order valence-corrected chi connectivity index (χ0v) is 24.3. The van der Waals surface area contributed by atoms with E-state index in [4.69, 9.17) is 0 Å². The second kappa shape index (κ2) is 10.00. The summed E-state index contributed by atoms with van der Waals surface area (Å²) in [6, 6.07) is 55.0. The van der Waals surface area contributed by atoms with Crippen molar-refractivity contribution in [2.45, 2.75) is 12.8 Å². The van der Waals surface area contributed by atoms with Crippen molar-refractivity contribution in [3.63, 3.8) is 0 Å². The van der Waals surface area contributed by atoms with Crippen molar-refractivity contribution in [2.75, 3.05) is 0 Å². The Balaban J connectivity index is 1.17. The highest BCUT2D eigenvalue weighted by Gasteiger charge is 2.22. The van der Waals surface area contributed by atoms with Gasteiger partial charge in [0.15, 0.2) is 0 Å². The molecule has 8 aromatic rings. The molecule has 0 saturated carbocycles. The van der Waals surface area contributed by atoms with Crippen LogP contribution in [0.3, 0.4) is 0 Å². The normalized spacial score (nSPS) is 13.0. The Kier molecular flexibility index (Phi) is 5.67. The first-order valence-electron chi connectivity index (χ1n) is 15.4. The number of benzene rings is 6. The zero-order valence-electron chi connectivity index (χ0n) is 24.3. The summed E-state index contributed by atoms with van der Waals surface area (Å²) in [4.78, 5) is 0. The number of hydrogen-bond acceptors (Lipinski definition) is 0. The van der Waals surface area contributed by atoms with Crippen molar-refractivity contribution in [3.05, 3.63) is 168 Å². The fraction of sp³-hybridized carbons (Fsp3) is 0.0476. The van der Waals surface area contributed by atoms with Crippen LogP contribution in [0.25, 0.3) is 66.9 Å². The molecule has 44 heavy (non-hydrogen) atoms. The Morgan fingerprint density at radius 2 is 0.955 bits per heavy atom. The maximum Gasteiger partial charge on any atom is 0.0541 e. The molecule has 0 unspecified atom stereocenters. The van der Waals surface area contributed by atoms with Crippen LogP contribution in [0.4, 0.5) is 0 Å². The Hall–Kier alpha value is -5.60. The molecule has 0 atom stereocenters. The van der Waals surface area contributed by atoms with Gasteiger partial charge in [-0.25, -0.2) is 0 Å². The number of hydrogen-bond donors (Lipinski definition) is 0. The van der Waals surface area contributed by atoms with E-state index in [0.29, 0.717) is 0 Å². The van der Waals surface area contributed by atoms with Crippen LogP contribution < -0.4 is 0 Å². The van der Waals surface area contributed by atoms with Gasteiger partial charge in [0.25, 0.3) is 0 Å². The molecule has 6 aromatic carbocycles. The molecule has 2 nitrogen and oxygen atoms in total. The van der Waals surface area contributed by atoms with Gasteiger partial charge in [0, 0.05) is 38.8 Å². The smallest absolute Gasteiger partial charge is 0.0541 e. The molecular formula is C42H30N2. The number of nitrogens with zero attached hydrogens (tertiary/aromatic N) is 2. The van der Waals surface area contributed by atoms with Gasteiger partial charge < -0.3 is 9.13 Å². The predicted molar refractivity (Wildman–Crippen MR) is 186 cm³/mol. The van der Waals surface area contributed by atoms with E-state index in [-0.39, 0.29) is 0 Å². The molecule has 9 rings (SSSR count). The van der Waals surface area contributed by atoms with Crippen LogP contribution in [0.1, 0.15) is 23.2 Å². The Morgan fingerprint density at radius 1 is 0.386 bits per heavy atom. The van der Waals surface area contributed by atoms with Crippen molar-refractivity contribution < 1.29 is 0 Å². The van der Waals surface area contributed by atoms with Gasteiger partial charge in [-0.1, -0.05) is 103 Å². The topological polar surface area (TPSA) is 9.86 Å². The van der Waals surface area contributed by atoms with E-state index in [9.17, 15) is 0 Å². The van der Waals surface area contributed by atoms with E-state index < -0.39 is 0 Å². The van der Waals surface area contributed by atoms with E-state index in [1.807, 2.05) is 0 Å². The van der Waals surface area contributed by atoms with Gasteiger partial charge in [0.1, 0.15) is 0 Å². The van der Waals surface area contributed by atoms with E-state index in [1.54, 1.807) is 0 Å². The van der Waals surface area contributed by atoms with Crippen LogP contribution in [0.15, 0.2) is 152 Å². The monoisotopic (exact) mass is 562 g/mol. The predicted octanol–water partition coefficient (Wildman–Crippen LogP) is 10.9. The third kappa shape index (κ3) is 3.88. The molecule has 1 aliphatic carbocycles. The highest BCUT2D eigenvalue weighted by molar-refractivity contribution is 6.10. The quantitative estimate of drug-likeness (QED) is 0.202. The molecule has 0 spiro atoms. The average molecular weight is 563 g/mol. The Labute approximate surface area is 256 Å². The first kappa shape index (κ1) is 24.9. The molecule has 0 bridgehead atoms. The lowest BCUT2D eigenvalue weighted by molar-refractivity contribution is 0.898.